The Morgan fingerprint density at radius 3 is 2.77 bits per heavy atom. The number of primary amides is 1. The summed E-state index contributed by atoms with van der Waals surface area (Å²) < 4.78 is 0. The third kappa shape index (κ3) is 4.14. The number of benzene rings is 1. The van der Waals surface area contributed by atoms with E-state index in [4.69, 9.17) is 11.6 Å². The molecule has 0 radical (unpaired) electrons. The number of amides is 1. The van der Waals surface area contributed by atoms with Crippen LogP contribution >= 0.6 is 11.6 Å². The third-order valence-corrected chi connectivity index (χ3v) is 4.53. The number of nitrogens with one attached hydrogen (secondary N) is 1. The number of imidazole rings is 1. The number of anilines is 1. The van der Waals surface area contributed by atoms with Gasteiger partial charge in [0, 0.05) is 31.8 Å². The first-order chi connectivity index (χ1) is 12.4. The average Bonchev–Trinajstić information content (AvgIpc) is 3.21. The molecule has 1 unspecified atom stereocenters. The number of para-hydroxylation sites is 2. The molecule has 3 aromatic rings. The molecule has 136 valence electrons. The summed E-state index contributed by atoms with van der Waals surface area (Å²) in [7, 11) is 0. The fourth-order valence-electron chi connectivity index (χ4n) is 3.01. The molecule has 0 spiro atoms. The summed E-state index contributed by atoms with van der Waals surface area (Å²) in [6.45, 7) is 5.68. The maximum atomic E-state index is 9.22. The van der Waals surface area contributed by atoms with Crippen molar-refractivity contribution in [3.8, 4) is 11.4 Å². The van der Waals surface area contributed by atoms with Crippen molar-refractivity contribution < 1.29 is 4.79 Å². The van der Waals surface area contributed by atoms with Crippen LogP contribution in [0.2, 0.25) is 5.02 Å². The number of hydrogen-bond acceptors (Lipinski definition) is 4. The van der Waals surface area contributed by atoms with Crippen LogP contribution in [-0.2, 0) is 4.79 Å². The topological polar surface area (TPSA) is 87.9 Å². The lowest BCUT2D eigenvalue weighted by Crippen LogP contribution is -2.20. The predicted molar refractivity (Wildman–Crippen MR) is 105 cm³/mol. The van der Waals surface area contributed by atoms with Crippen molar-refractivity contribution in [3.63, 3.8) is 0 Å². The molecule has 4 rings (SSSR count). The van der Waals surface area contributed by atoms with Crippen LogP contribution in [0.3, 0.4) is 0 Å². The number of halogens is 1. The van der Waals surface area contributed by atoms with E-state index < -0.39 is 0 Å². The van der Waals surface area contributed by atoms with Crippen LogP contribution in [0.4, 0.5) is 5.82 Å². The van der Waals surface area contributed by atoms with Gasteiger partial charge in [0.15, 0.2) is 0 Å². The van der Waals surface area contributed by atoms with Crippen LogP contribution in [0.25, 0.3) is 22.4 Å². The molecule has 1 aliphatic rings. The SMILES string of the molecule is CC(N)=O.CC1CCN(c2cc(-c3nc4ccccc4[nH]3)c(Cl)cn2)C1. The van der Waals surface area contributed by atoms with Crippen molar-refractivity contribution in [2.75, 3.05) is 18.0 Å². The maximum Gasteiger partial charge on any atom is 0.214 e. The summed E-state index contributed by atoms with van der Waals surface area (Å²) >= 11 is 6.35. The molecule has 3 N–H and O–H groups in total. The van der Waals surface area contributed by atoms with Crippen LogP contribution in [0.5, 0.6) is 0 Å². The standard InChI is InChI=1S/C17H17ClN4.C2H5NO/c1-11-6-7-22(10-11)16-8-12(13(18)9-19-16)17-20-14-4-2-3-5-15(14)21-17;1-2(3)4/h2-5,8-9,11H,6-7,10H2,1H3,(H,20,21);1H3,(H2,3,4). The lowest BCUT2D eigenvalue weighted by atomic mass is 10.2. The lowest BCUT2D eigenvalue weighted by Gasteiger charge is -2.17. The third-order valence-electron chi connectivity index (χ3n) is 4.23. The summed E-state index contributed by atoms with van der Waals surface area (Å²) in [6, 6.07) is 10.0. The molecule has 6 nitrogen and oxygen atoms in total. The summed E-state index contributed by atoms with van der Waals surface area (Å²) in [5, 5.41) is 0.620. The minimum atomic E-state index is -0.333. The van der Waals surface area contributed by atoms with E-state index in [0.717, 1.165) is 41.3 Å². The number of aromatic nitrogens is 3. The van der Waals surface area contributed by atoms with Crippen LogP contribution in [0, 0.1) is 5.92 Å². The zero-order valence-corrected chi connectivity index (χ0v) is 15.6. The minimum Gasteiger partial charge on any atom is -0.370 e. The molecular formula is C19H22ClN5O. The number of hydrogen-bond donors (Lipinski definition) is 2. The van der Waals surface area contributed by atoms with Gasteiger partial charge in [-0.15, -0.1) is 0 Å². The number of pyridine rings is 1. The fourth-order valence-corrected chi connectivity index (χ4v) is 3.20. The summed E-state index contributed by atoms with van der Waals surface area (Å²) in [5.41, 5.74) is 7.34. The van der Waals surface area contributed by atoms with Crippen LogP contribution < -0.4 is 10.6 Å². The number of fused-ring (bicyclic) bond motifs is 1. The van der Waals surface area contributed by atoms with Crippen molar-refractivity contribution in [2.24, 2.45) is 11.7 Å². The molecule has 26 heavy (non-hydrogen) atoms. The number of carbonyl (C=O) groups is 1. The Kier molecular flexibility index (Phi) is 5.42. The first-order valence-corrected chi connectivity index (χ1v) is 8.93. The Bertz CT molecular complexity index is 886. The first kappa shape index (κ1) is 18.2. The van der Waals surface area contributed by atoms with E-state index in [1.165, 1.54) is 13.3 Å². The Morgan fingerprint density at radius 2 is 2.12 bits per heavy atom. The largest absolute Gasteiger partial charge is 0.370 e. The van der Waals surface area contributed by atoms with Gasteiger partial charge in [0.2, 0.25) is 5.91 Å². The molecule has 3 heterocycles. The average molecular weight is 372 g/mol. The smallest absolute Gasteiger partial charge is 0.214 e. The number of aromatic amines is 1. The summed E-state index contributed by atoms with van der Waals surface area (Å²) in [4.78, 5) is 24.0. The van der Waals surface area contributed by atoms with Crippen molar-refractivity contribution >= 4 is 34.4 Å². The van der Waals surface area contributed by atoms with E-state index in [0.29, 0.717) is 10.9 Å². The number of H-pyrrole nitrogens is 1. The van der Waals surface area contributed by atoms with Crippen molar-refractivity contribution in [2.45, 2.75) is 20.3 Å². The highest BCUT2D eigenvalue weighted by Crippen LogP contribution is 2.31. The Hall–Kier alpha value is -2.60. The highest BCUT2D eigenvalue weighted by atomic mass is 35.5. The van der Waals surface area contributed by atoms with Crippen LogP contribution in [0.15, 0.2) is 36.5 Å². The van der Waals surface area contributed by atoms with Gasteiger partial charge in [-0.3, -0.25) is 4.79 Å². The van der Waals surface area contributed by atoms with Crippen molar-refractivity contribution in [3.05, 3.63) is 41.6 Å². The molecule has 1 atom stereocenters. The second kappa shape index (κ2) is 7.74. The number of nitrogens with zero attached hydrogens (tertiary/aromatic N) is 3. The van der Waals surface area contributed by atoms with Crippen LogP contribution in [-0.4, -0.2) is 33.9 Å². The molecule has 0 saturated carbocycles. The zero-order valence-electron chi connectivity index (χ0n) is 14.9. The van der Waals surface area contributed by atoms with Gasteiger partial charge < -0.3 is 15.6 Å². The molecule has 1 saturated heterocycles. The van der Waals surface area contributed by atoms with E-state index in [1.807, 2.05) is 30.3 Å². The van der Waals surface area contributed by atoms with Crippen molar-refractivity contribution in [1.82, 2.24) is 15.0 Å². The second-order valence-electron chi connectivity index (χ2n) is 6.58. The highest BCUT2D eigenvalue weighted by Gasteiger charge is 2.21. The van der Waals surface area contributed by atoms with Gasteiger partial charge in [-0.1, -0.05) is 30.7 Å². The quantitative estimate of drug-likeness (QED) is 0.720. The van der Waals surface area contributed by atoms with Crippen LogP contribution in [0.1, 0.15) is 20.3 Å². The molecule has 1 aliphatic heterocycles. The second-order valence-corrected chi connectivity index (χ2v) is 6.98. The molecule has 1 amide bonds. The monoisotopic (exact) mass is 371 g/mol. The molecule has 0 aliphatic carbocycles. The maximum absolute atomic E-state index is 9.22. The molecule has 1 fully saturated rings. The van der Waals surface area contributed by atoms with Gasteiger partial charge in [0.1, 0.15) is 11.6 Å². The van der Waals surface area contributed by atoms with Gasteiger partial charge in [-0.2, -0.15) is 0 Å². The molecule has 2 aromatic heterocycles. The summed E-state index contributed by atoms with van der Waals surface area (Å²) in [5.74, 6) is 2.15. The number of carbonyl (C=O) groups excluding carboxylic acids is 1. The molecular weight excluding hydrogens is 350 g/mol. The zero-order chi connectivity index (χ0) is 18.7. The molecule has 0 bridgehead atoms. The predicted octanol–water partition coefficient (Wildman–Crippen LogP) is 3.62. The normalized spacial score (nSPS) is 16.4. The van der Waals surface area contributed by atoms with E-state index in [2.05, 4.69) is 32.5 Å². The molecule has 7 heteroatoms. The van der Waals surface area contributed by atoms with Gasteiger partial charge in [0.05, 0.1) is 16.1 Å². The van der Waals surface area contributed by atoms with E-state index in [9.17, 15) is 4.79 Å². The Morgan fingerprint density at radius 1 is 1.38 bits per heavy atom. The highest BCUT2D eigenvalue weighted by molar-refractivity contribution is 6.33. The lowest BCUT2D eigenvalue weighted by molar-refractivity contribution is -0.115. The Balaban J connectivity index is 0.000000447. The van der Waals surface area contributed by atoms with E-state index in [-0.39, 0.29) is 5.91 Å². The fraction of sp³-hybridized carbons (Fsp3) is 0.316. The Labute approximate surface area is 157 Å². The summed E-state index contributed by atoms with van der Waals surface area (Å²) in [6.07, 6.45) is 2.94. The van der Waals surface area contributed by atoms with Gasteiger partial charge in [-0.25, -0.2) is 9.97 Å². The van der Waals surface area contributed by atoms with Gasteiger partial charge in [-0.05, 0) is 30.5 Å². The number of nitrogens with two attached hydrogens (primary N) is 1. The van der Waals surface area contributed by atoms with Crippen molar-refractivity contribution in [1.29, 1.82) is 0 Å². The number of rotatable bonds is 2. The van der Waals surface area contributed by atoms with Gasteiger partial charge in [0.25, 0.3) is 0 Å². The van der Waals surface area contributed by atoms with E-state index in [1.54, 1.807) is 6.20 Å². The van der Waals surface area contributed by atoms with Gasteiger partial charge >= 0.3 is 0 Å². The van der Waals surface area contributed by atoms with E-state index >= 15 is 0 Å². The minimum absolute atomic E-state index is 0.333. The molecule has 1 aromatic carbocycles. The first-order valence-electron chi connectivity index (χ1n) is 8.55.